The Morgan fingerprint density at radius 3 is 2.58 bits per heavy atom. The third-order valence-corrected chi connectivity index (χ3v) is 6.55. The van der Waals surface area contributed by atoms with Crippen LogP contribution in [0.3, 0.4) is 0 Å². The molecule has 6 heteroatoms. The molecule has 1 aliphatic carbocycles. The zero-order valence-electron chi connectivity index (χ0n) is 15.8. The van der Waals surface area contributed by atoms with Gasteiger partial charge in [0.25, 0.3) is 5.56 Å². The number of aromatic nitrogens is 2. The van der Waals surface area contributed by atoms with E-state index in [4.69, 9.17) is 0 Å². The molecule has 1 saturated carbocycles. The molecule has 1 aromatic heterocycles. The van der Waals surface area contributed by atoms with E-state index < -0.39 is 0 Å². The highest BCUT2D eigenvalue weighted by molar-refractivity contribution is 5.87. The second kappa shape index (κ2) is 7.14. The van der Waals surface area contributed by atoms with Gasteiger partial charge in [-0.3, -0.25) is 14.5 Å². The fraction of sp³-hybridized carbons (Fsp3) is 0.750. The number of rotatable bonds is 3. The van der Waals surface area contributed by atoms with Crippen molar-refractivity contribution in [3.05, 3.63) is 27.9 Å². The van der Waals surface area contributed by atoms with Crippen molar-refractivity contribution in [2.45, 2.75) is 69.7 Å². The van der Waals surface area contributed by atoms with Crippen molar-refractivity contribution in [2.24, 2.45) is 0 Å². The van der Waals surface area contributed by atoms with Gasteiger partial charge < -0.3 is 9.88 Å². The van der Waals surface area contributed by atoms with Crippen LogP contribution in [0, 0.1) is 6.92 Å². The SMILES string of the molecule is Cc1nc([C@@H]2CCCN(C(=O)C3(N4CCCC4)CCCC3)C2)cc(=O)[nH]1. The number of likely N-dealkylation sites (tertiary alicyclic amines) is 2. The van der Waals surface area contributed by atoms with E-state index in [-0.39, 0.29) is 17.0 Å². The fourth-order valence-corrected chi connectivity index (χ4v) is 5.28. The van der Waals surface area contributed by atoms with Gasteiger partial charge in [-0.25, -0.2) is 4.98 Å². The molecule has 0 spiro atoms. The zero-order valence-corrected chi connectivity index (χ0v) is 15.8. The lowest BCUT2D eigenvalue weighted by Gasteiger charge is -2.43. The molecule has 3 aliphatic rings. The first-order chi connectivity index (χ1) is 12.6. The summed E-state index contributed by atoms with van der Waals surface area (Å²) in [6.45, 7) is 5.49. The Labute approximate surface area is 155 Å². The number of amides is 1. The van der Waals surface area contributed by atoms with Gasteiger partial charge in [-0.1, -0.05) is 12.8 Å². The van der Waals surface area contributed by atoms with Gasteiger partial charge in [0.05, 0.1) is 5.69 Å². The molecule has 2 saturated heterocycles. The Morgan fingerprint density at radius 2 is 1.88 bits per heavy atom. The van der Waals surface area contributed by atoms with E-state index in [2.05, 4.69) is 19.8 Å². The summed E-state index contributed by atoms with van der Waals surface area (Å²) in [6.07, 6.45) is 8.76. The van der Waals surface area contributed by atoms with Gasteiger partial charge in [0.1, 0.15) is 11.4 Å². The number of carbonyl (C=O) groups is 1. The van der Waals surface area contributed by atoms with Crippen molar-refractivity contribution in [3.63, 3.8) is 0 Å². The average molecular weight is 358 g/mol. The molecular weight excluding hydrogens is 328 g/mol. The maximum atomic E-state index is 13.6. The summed E-state index contributed by atoms with van der Waals surface area (Å²) in [7, 11) is 0. The Kier molecular flexibility index (Phi) is 4.86. The normalized spacial score (nSPS) is 26.3. The van der Waals surface area contributed by atoms with Crippen LogP contribution in [0.1, 0.15) is 68.8 Å². The highest BCUT2D eigenvalue weighted by atomic mass is 16.2. The number of carbonyl (C=O) groups excluding carboxylic acids is 1. The predicted molar refractivity (Wildman–Crippen MR) is 100 cm³/mol. The average Bonchev–Trinajstić information content (AvgIpc) is 3.32. The zero-order chi connectivity index (χ0) is 18.1. The second-order valence-corrected chi connectivity index (χ2v) is 8.28. The minimum absolute atomic E-state index is 0.0970. The maximum Gasteiger partial charge on any atom is 0.251 e. The summed E-state index contributed by atoms with van der Waals surface area (Å²) >= 11 is 0. The summed E-state index contributed by atoms with van der Waals surface area (Å²) in [4.78, 5) is 37.2. The Bertz CT molecular complexity index is 717. The lowest BCUT2D eigenvalue weighted by Crippen LogP contribution is -2.58. The van der Waals surface area contributed by atoms with Crippen LogP contribution in [-0.2, 0) is 4.79 Å². The first-order valence-electron chi connectivity index (χ1n) is 10.2. The Balaban J connectivity index is 1.54. The first-order valence-corrected chi connectivity index (χ1v) is 10.2. The summed E-state index contributed by atoms with van der Waals surface area (Å²) in [6, 6.07) is 1.61. The van der Waals surface area contributed by atoms with Gasteiger partial charge in [-0.2, -0.15) is 0 Å². The van der Waals surface area contributed by atoms with Crippen LogP contribution >= 0.6 is 0 Å². The van der Waals surface area contributed by atoms with Crippen molar-refractivity contribution in [2.75, 3.05) is 26.2 Å². The molecule has 1 atom stereocenters. The van der Waals surface area contributed by atoms with Crippen molar-refractivity contribution < 1.29 is 4.79 Å². The van der Waals surface area contributed by atoms with E-state index in [9.17, 15) is 9.59 Å². The van der Waals surface area contributed by atoms with E-state index in [1.807, 2.05) is 6.92 Å². The van der Waals surface area contributed by atoms with Crippen LogP contribution in [0.25, 0.3) is 0 Å². The number of hydrogen-bond donors (Lipinski definition) is 1. The van der Waals surface area contributed by atoms with Crippen molar-refractivity contribution in [1.29, 1.82) is 0 Å². The molecule has 6 nitrogen and oxygen atoms in total. The molecule has 1 N–H and O–H groups in total. The smallest absolute Gasteiger partial charge is 0.251 e. The highest BCUT2D eigenvalue weighted by Gasteiger charge is 2.49. The molecule has 1 amide bonds. The number of nitrogens with zero attached hydrogens (tertiary/aromatic N) is 3. The Morgan fingerprint density at radius 1 is 1.15 bits per heavy atom. The van der Waals surface area contributed by atoms with E-state index in [0.29, 0.717) is 18.3 Å². The number of piperidine rings is 1. The van der Waals surface area contributed by atoms with Crippen molar-refractivity contribution >= 4 is 5.91 Å². The van der Waals surface area contributed by atoms with Gasteiger partial charge in [0.2, 0.25) is 5.91 Å². The van der Waals surface area contributed by atoms with Gasteiger partial charge >= 0.3 is 0 Å². The van der Waals surface area contributed by atoms with Gasteiger partial charge in [0, 0.05) is 25.1 Å². The quantitative estimate of drug-likeness (QED) is 0.899. The molecular formula is C20H30N4O2. The predicted octanol–water partition coefficient (Wildman–Crippen LogP) is 2.19. The van der Waals surface area contributed by atoms with Crippen LogP contribution < -0.4 is 5.56 Å². The summed E-state index contributed by atoms with van der Waals surface area (Å²) in [5.41, 5.74) is 0.487. The fourth-order valence-electron chi connectivity index (χ4n) is 5.28. The lowest BCUT2D eigenvalue weighted by atomic mass is 9.89. The molecule has 3 fully saturated rings. The molecule has 4 rings (SSSR count). The second-order valence-electron chi connectivity index (χ2n) is 8.28. The summed E-state index contributed by atoms with van der Waals surface area (Å²) in [5.74, 6) is 1.16. The van der Waals surface area contributed by atoms with E-state index in [1.165, 1.54) is 12.8 Å². The topological polar surface area (TPSA) is 69.3 Å². The van der Waals surface area contributed by atoms with Gasteiger partial charge in [-0.15, -0.1) is 0 Å². The van der Waals surface area contributed by atoms with Crippen molar-refractivity contribution in [1.82, 2.24) is 19.8 Å². The van der Waals surface area contributed by atoms with Gasteiger partial charge in [0.15, 0.2) is 0 Å². The Hall–Kier alpha value is -1.69. The molecule has 0 aromatic carbocycles. The number of hydrogen-bond acceptors (Lipinski definition) is 4. The number of aryl methyl sites for hydroxylation is 1. The molecule has 3 heterocycles. The maximum absolute atomic E-state index is 13.6. The summed E-state index contributed by atoms with van der Waals surface area (Å²) in [5, 5.41) is 0. The molecule has 2 aliphatic heterocycles. The van der Waals surface area contributed by atoms with Crippen LogP contribution in [0.15, 0.2) is 10.9 Å². The first kappa shape index (κ1) is 17.7. The molecule has 142 valence electrons. The molecule has 1 aromatic rings. The highest BCUT2D eigenvalue weighted by Crippen LogP contribution is 2.40. The lowest BCUT2D eigenvalue weighted by molar-refractivity contribution is -0.145. The van der Waals surface area contributed by atoms with Crippen LogP contribution in [-0.4, -0.2) is 57.4 Å². The number of H-pyrrole nitrogens is 1. The van der Waals surface area contributed by atoms with E-state index >= 15 is 0 Å². The molecule has 0 unspecified atom stereocenters. The van der Waals surface area contributed by atoms with E-state index in [0.717, 1.165) is 63.9 Å². The number of aromatic amines is 1. The minimum atomic E-state index is -0.254. The summed E-state index contributed by atoms with van der Waals surface area (Å²) < 4.78 is 0. The monoisotopic (exact) mass is 358 g/mol. The molecule has 0 bridgehead atoms. The minimum Gasteiger partial charge on any atom is -0.340 e. The third kappa shape index (κ3) is 3.20. The van der Waals surface area contributed by atoms with Gasteiger partial charge in [-0.05, 0) is 58.5 Å². The van der Waals surface area contributed by atoms with Crippen LogP contribution in [0.4, 0.5) is 0 Å². The van der Waals surface area contributed by atoms with Crippen LogP contribution in [0.2, 0.25) is 0 Å². The standard InChI is InChI=1S/C20H30N4O2/c1-15-21-17(13-18(25)22-15)16-7-6-10-23(14-16)19(26)20(8-2-3-9-20)24-11-4-5-12-24/h13,16H,2-12,14H2,1H3,(H,21,22,25)/t16-/m1/s1. The molecule has 0 radical (unpaired) electrons. The number of nitrogens with one attached hydrogen (secondary N) is 1. The van der Waals surface area contributed by atoms with E-state index in [1.54, 1.807) is 6.07 Å². The largest absolute Gasteiger partial charge is 0.340 e. The third-order valence-electron chi connectivity index (χ3n) is 6.55. The molecule has 26 heavy (non-hydrogen) atoms. The van der Waals surface area contributed by atoms with Crippen LogP contribution in [0.5, 0.6) is 0 Å². The van der Waals surface area contributed by atoms with Crippen molar-refractivity contribution in [3.8, 4) is 0 Å².